The highest BCUT2D eigenvalue weighted by Crippen LogP contribution is 2.30. The molecule has 1 aromatic rings. The van der Waals surface area contributed by atoms with E-state index in [1.165, 1.54) is 0 Å². The summed E-state index contributed by atoms with van der Waals surface area (Å²) in [6, 6.07) is 7.81. The van der Waals surface area contributed by atoms with E-state index >= 15 is 0 Å². The van der Waals surface area contributed by atoms with Gasteiger partial charge in [0.1, 0.15) is 0 Å². The van der Waals surface area contributed by atoms with E-state index in [0.29, 0.717) is 13.1 Å². The number of hydrogen-bond donors (Lipinski definition) is 3. The molecule has 16 heavy (non-hydrogen) atoms. The van der Waals surface area contributed by atoms with Gasteiger partial charge in [0.05, 0.1) is 12.0 Å². The predicted molar refractivity (Wildman–Crippen MR) is 62.4 cm³/mol. The molecule has 0 saturated heterocycles. The maximum absolute atomic E-state index is 11.9. The zero-order valence-corrected chi connectivity index (χ0v) is 9.23. The summed E-state index contributed by atoms with van der Waals surface area (Å²) in [6.07, 6.45) is -0.506. The van der Waals surface area contributed by atoms with Crippen molar-refractivity contribution >= 4 is 11.6 Å². The molecule has 4 heteroatoms. The Morgan fingerprint density at radius 1 is 1.62 bits per heavy atom. The van der Waals surface area contributed by atoms with Gasteiger partial charge in [-0.1, -0.05) is 18.2 Å². The van der Waals surface area contributed by atoms with Crippen LogP contribution in [0.25, 0.3) is 0 Å². The number of amides is 1. The lowest BCUT2D eigenvalue weighted by molar-refractivity contribution is -0.122. The van der Waals surface area contributed by atoms with E-state index in [4.69, 9.17) is 5.11 Å². The lowest BCUT2D eigenvalue weighted by Gasteiger charge is -2.12. The third-order valence-electron chi connectivity index (χ3n) is 2.72. The van der Waals surface area contributed by atoms with Gasteiger partial charge >= 0.3 is 0 Å². The molecular formula is C12H16N2O2. The van der Waals surface area contributed by atoms with Gasteiger partial charge in [-0.2, -0.15) is 0 Å². The van der Waals surface area contributed by atoms with Crippen molar-refractivity contribution in [2.24, 2.45) is 0 Å². The van der Waals surface area contributed by atoms with Gasteiger partial charge in [-0.3, -0.25) is 4.79 Å². The molecule has 1 amide bonds. The standard InChI is InChI=1S/C12H16N2O2/c1-8(15)6-14-12(16)10-7-13-11-5-3-2-4-9(10)11/h2-5,8,10,13,15H,6-7H2,1H3,(H,14,16)/t8-,10?/m0/s1. The van der Waals surface area contributed by atoms with Crippen LogP contribution in [0.1, 0.15) is 18.4 Å². The number of nitrogens with one attached hydrogen (secondary N) is 2. The Morgan fingerprint density at radius 3 is 3.12 bits per heavy atom. The monoisotopic (exact) mass is 220 g/mol. The minimum Gasteiger partial charge on any atom is -0.392 e. The van der Waals surface area contributed by atoms with E-state index in [9.17, 15) is 4.79 Å². The maximum atomic E-state index is 11.9. The van der Waals surface area contributed by atoms with E-state index in [1.807, 2.05) is 24.3 Å². The van der Waals surface area contributed by atoms with Crippen LogP contribution in [0.5, 0.6) is 0 Å². The average molecular weight is 220 g/mol. The highest BCUT2D eigenvalue weighted by molar-refractivity contribution is 5.88. The SMILES string of the molecule is C[C@H](O)CNC(=O)C1CNc2ccccc21. The molecule has 0 radical (unpaired) electrons. The first-order valence-corrected chi connectivity index (χ1v) is 5.47. The summed E-state index contributed by atoms with van der Waals surface area (Å²) in [4.78, 5) is 11.9. The minimum atomic E-state index is -0.506. The van der Waals surface area contributed by atoms with Gasteiger partial charge in [-0.25, -0.2) is 0 Å². The first kappa shape index (κ1) is 11.0. The molecule has 0 saturated carbocycles. The van der Waals surface area contributed by atoms with Gasteiger partial charge < -0.3 is 15.7 Å². The number of para-hydroxylation sites is 1. The van der Waals surface area contributed by atoms with E-state index in [2.05, 4.69) is 10.6 Å². The molecule has 4 nitrogen and oxygen atoms in total. The van der Waals surface area contributed by atoms with Crippen molar-refractivity contribution in [3.05, 3.63) is 29.8 Å². The van der Waals surface area contributed by atoms with Crippen molar-refractivity contribution in [1.29, 1.82) is 0 Å². The van der Waals surface area contributed by atoms with Crippen LogP contribution in [0.4, 0.5) is 5.69 Å². The first-order valence-electron chi connectivity index (χ1n) is 5.47. The number of benzene rings is 1. The zero-order chi connectivity index (χ0) is 11.5. The number of aliphatic hydroxyl groups is 1. The fraction of sp³-hybridized carbons (Fsp3) is 0.417. The second-order valence-corrected chi connectivity index (χ2v) is 4.11. The molecule has 1 heterocycles. The van der Waals surface area contributed by atoms with Crippen LogP contribution in [0.3, 0.4) is 0 Å². The Kier molecular flexibility index (Phi) is 3.10. The summed E-state index contributed by atoms with van der Waals surface area (Å²) in [6.45, 7) is 2.59. The molecular weight excluding hydrogens is 204 g/mol. The van der Waals surface area contributed by atoms with Crippen molar-refractivity contribution in [2.75, 3.05) is 18.4 Å². The van der Waals surface area contributed by atoms with Crippen LogP contribution in [-0.4, -0.2) is 30.2 Å². The second-order valence-electron chi connectivity index (χ2n) is 4.11. The molecule has 0 spiro atoms. The molecule has 0 fully saturated rings. The van der Waals surface area contributed by atoms with Crippen LogP contribution < -0.4 is 10.6 Å². The number of rotatable bonds is 3. The quantitative estimate of drug-likeness (QED) is 0.702. The van der Waals surface area contributed by atoms with Gasteiger partial charge in [0.15, 0.2) is 0 Å². The molecule has 0 bridgehead atoms. The summed E-state index contributed by atoms with van der Waals surface area (Å²) in [5.74, 6) is -0.173. The molecule has 2 rings (SSSR count). The minimum absolute atomic E-state index is 0.0293. The van der Waals surface area contributed by atoms with Gasteiger partial charge in [-0.15, -0.1) is 0 Å². The van der Waals surface area contributed by atoms with Gasteiger partial charge in [0.2, 0.25) is 5.91 Å². The number of anilines is 1. The normalized spacial score (nSPS) is 19.8. The molecule has 86 valence electrons. The third kappa shape index (κ3) is 2.17. The second kappa shape index (κ2) is 4.53. The smallest absolute Gasteiger partial charge is 0.229 e. The van der Waals surface area contributed by atoms with Crippen LogP contribution in [-0.2, 0) is 4.79 Å². The van der Waals surface area contributed by atoms with Gasteiger partial charge in [0, 0.05) is 18.8 Å². The van der Waals surface area contributed by atoms with E-state index in [-0.39, 0.29) is 11.8 Å². The number of fused-ring (bicyclic) bond motifs is 1. The van der Waals surface area contributed by atoms with Gasteiger partial charge in [0.25, 0.3) is 0 Å². The van der Waals surface area contributed by atoms with Crippen molar-refractivity contribution < 1.29 is 9.90 Å². The Balaban J connectivity index is 2.04. The molecule has 0 aromatic heterocycles. The molecule has 3 N–H and O–H groups in total. The highest BCUT2D eigenvalue weighted by Gasteiger charge is 2.27. The van der Waals surface area contributed by atoms with Crippen molar-refractivity contribution in [3.63, 3.8) is 0 Å². The summed E-state index contributed by atoms with van der Waals surface area (Å²) < 4.78 is 0. The number of carbonyl (C=O) groups excluding carboxylic acids is 1. The van der Waals surface area contributed by atoms with E-state index < -0.39 is 6.10 Å². The molecule has 1 aliphatic rings. The van der Waals surface area contributed by atoms with Crippen molar-refractivity contribution in [1.82, 2.24) is 5.32 Å². The third-order valence-corrected chi connectivity index (χ3v) is 2.72. The summed E-state index contributed by atoms with van der Waals surface area (Å²) in [7, 11) is 0. The molecule has 0 aliphatic carbocycles. The van der Waals surface area contributed by atoms with E-state index in [1.54, 1.807) is 6.92 Å². The lowest BCUT2D eigenvalue weighted by atomic mass is 10.0. The lowest BCUT2D eigenvalue weighted by Crippen LogP contribution is -2.35. The Bertz CT molecular complexity index is 390. The molecule has 1 aliphatic heterocycles. The van der Waals surface area contributed by atoms with E-state index in [0.717, 1.165) is 11.3 Å². The predicted octanol–water partition coefficient (Wildman–Crippen LogP) is 0.693. The van der Waals surface area contributed by atoms with Crippen molar-refractivity contribution in [2.45, 2.75) is 18.9 Å². The molecule has 1 aromatic carbocycles. The Labute approximate surface area is 94.7 Å². The first-order chi connectivity index (χ1) is 7.68. The average Bonchev–Trinajstić information content (AvgIpc) is 2.69. The topological polar surface area (TPSA) is 61.4 Å². The highest BCUT2D eigenvalue weighted by atomic mass is 16.3. The zero-order valence-electron chi connectivity index (χ0n) is 9.23. The van der Waals surface area contributed by atoms with Crippen LogP contribution in [0.15, 0.2) is 24.3 Å². The van der Waals surface area contributed by atoms with Crippen LogP contribution in [0.2, 0.25) is 0 Å². The molecule has 1 unspecified atom stereocenters. The number of carbonyl (C=O) groups is 1. The summed E-state index contributed by atoms with van der Waals surface area (Å²) in [5, 5.41) is 15.0. The molecule has 2 atom stereocenters. The van der Waals surface area contributed by atoms with Crippen LogP contribution in [0, 0.1) is 0 Å². The fourth-order valence-electron chi connectivity index (χ4n) is 1.89. The maximum Gasteiger partial charge on any atom is 0.229 e. The van der Waals surface area contributed by atoms with Crippen molar-refractivity contribution in [3.8, 4) is 0 Å². The Morgan fingerprint density at radius 2 is 2.38 bits per heavy atom. The summed E-state index contributed by atoms with van der Waals surface area (Å²) >= 11 is 0. The number of aliphatic hydroxyl groups excluding tert-OH is 1. The van der Waals surface area contributed by atoms with Crippen LogP contribution >= 0.6 is 0 Å². The Hall–Kier alpha value is -1.55. The fourth-order valence-corrected chi connectivity index (χ4v) is 1.89. The largest absolute Gasteiger partial charge is 0.392 e. The summed E-state index contributed by atoms with van der Waals surface area (Å²) in [5.41, 5.74) is 2.06. The van der Waals surface area contributed by atoms with Gasteiger partial charge in [-0.05, 0) is 18.6 Å². The number of hydrogen-bond acceptors (Lipinski definition) is 3.